The van der Waals surface area contributed by atoms with Crippen molar-refractivity contribution in [3.63, 3.8) is 0 Å². The van der Waals surface area contributed by atoms with Crippen LogP contribution >= 0.6 is 0 Å². The summed E-state index contributed by atoms with van der Waals surface area (Å²) in [5, 5.41) is 105. The number of rotatable bonds is 8. The van der Waals surface area contributed by atoms with E-state index >= 15 is 0 Å². The molecule has 3 saturated heterocycles. The lowest BCUT2D eigenvalue weighted by Gasteiger charge is -2.71. The number of carbonyl (C=O) groups excluding carboxylic acids is 1. The Morgan fingerprint density at radius 2 is 1.28 bits per heavy atom. The van der Waals surface area contributed by atoms with Crippen molar-refractivity contribution in [3.8, 4) is 0 Å². The molecule has 8 aliphatic rings. The Hall–Kier alpha value is -1.39. The molecule has 0 aromatic rings. The number of esters is 1. The molecule has 0 amide bonds. The lowest BCUT2D eigenvalue weighted by atomic mass is 9.33. The minimum atomic E-state index is -1.72. The van der Waals surface area contributed by atoms with Crippen molar-refractivity contribution in [2.75, 3.05) is 19.8 Å². The Balaban J connectivity index is 1.01. The van der Waals surface area contributed by atoms with Gasteiger partial charge in [-0.25, -0.2) is 0 Å². The molecule has 22 atom stereocenters. The van der Waals surface area contributed by atoms with Crippen LogP contribution in [0.2, 0.25) is 0 Å². The molecule has 4 saturated carbocycles. The molecule has 366 valence electrons. The van der Waals surface area contributed by atoms with Crippen LogP contribution in [0.25, 0.3) is 0 Å². The second kappa shape index (κ2) is 17.2. The Bertz CT molecular complexity index is 1740. The molecular weight excluding hydrogens is 836 g/mol. The van der Waals surface area contributed by atoms with Crippen LogP contribution in [-0.2, 0) is 33.2 Å². The molecule has 64 heavy (non-hydrogen) atoms. The molecule has 0 spiro atoms. The molecule has 3 aliphatic heterocycles. The fourth-order valence-electron chi connectivity index (χ4n) is 14.8. The number of hydrogen-bond acceptors (Lipinski definition) is 17. The van der Waals surface area contributed by atoms with Gasteiger partial charge in [-0.1, -0.05) is 60.1 Å². The minimum Gasteiger partial charge on any atom is -0.432 e. The number of fused-ring (bicyclic) bond motifs is 7. The predicted molar refractivity (Wildman–Crippen MR) is 224 cm³/mol. The molecule has 0 aromatic carbocycles. The van der Waals surface area contributed by atoms with Gasteiger partial charge in [0.1, 0.15) is 67.1 Å². The first-order valence-electron chi connectivity index (χ1n) is 23.7. The summed E-state index contributed by atoms with van der Waals surface area (Å²) in [4.78, 5) is 14.6. The van der Waals surface area contributed by atoms with Gasteiger partial charge in [0.25, 0.3) is 0 Å². The van der Waals surface area contributed by atoms with Crippen LogP contribution in [0.15, 0.2) is 11.6 Å². The van der Waals surface area contributed by atoms with Gasteiger partial charge >= 0.3 is 5.97 Å². The SMILES string of the molecule is CC1(C)CC[C@]2(C(=O)O[C@@H]3O[C@H](CO)[C@@H](O)[C@H](O)[C@H]3O)CC[C@]3(C)C(=CC[C@@H]4[C@@]5(C)CC[C@@H](O[C@@H]6OC[C@H](O)[C@H](O[C@@H]7O[C@H](CO)[C@@H](O)[C@H](O)[C@H]7O)[C@H]6O)C(C)(C)[C@@H]5CC[C@]43C)[C@@H]2C1. The van der Waals surface area contributed by atoms with E-state index in [2.05, 4.69) is 54.5 Å². The molecule has 0 unspecified atom stereocenters. The van der Waals surface area contributed by atoms with E-state index in [9.17, 15) is 55.9 Å². The van der Waals surface area contributed by atoms with Crippen LogP contribution in [-0.4, -0.2) is 169 Å². The maximum absolute atomic E-state index is 14.6. The van der Waals surface area contributed by atoms with Crippen LogP contribution in [0.5, 0.6) is 0 Å². The molecular formula is C47H76O17. The third-order valence-corrected chi connectivity index (χ3v) is 18.9. The standard InChI is InChI=1S/C47H76O17/c1-42(2)14-16-47(41(58)64-40-35(56)33(54)31(52)26(20-49)61-40)17-15-45(6)22(23(47)18-42)8-9-28-44(5)12-11-29(43(3,4)27(44)10-13-46(28,45)7)62-38-36(57)37(24(50)21-59-38)63-39-34(55)32(53)30(51)25(19-48)60-39/h8,23-40,48-57H,9-21H2,1-7H3/t23-,24-,25+,26+,27-,28+,29+,30+,31+,32-,33-,34+,35+,36+,37-,38-,39-,40-,44-,45+,46+,47-/m0/s1. The van der Waals surface area contributed by atoms with Crippen LogP contribution < -0.4 is 0 Å². The number of aliphatic hydroxyl groups is 10. The summed E-state index contributed by atoms with van der Waals surface area (Å²) < 4.78 is 35.6. The first kappa shape index (κ1) is 49.0. The van der Waals surface area contributed by atoms with E-state index in [0.717, 1.165) is 44.9 Å². The number of aliphatic hydroxyl groups excluding tert-OH is 10. The summed E-state index contributed by atoms with van der Waals surface area (Å²) in [5.74, 6) is -0.0598. The zero-order chi connectivity index (χ0) is 46.7. The first-order chi connectivity index (χ1) is 29.9. The zero-order valence-electron chi connectivity index (χ0n) is 38.5. The molecule has 7 fully saturated rings. The lowest BCUT2D eigenvalue weighted by Crippen LogP contribution is -2.66. The molecule has 0 radical (unpaired) electrons. The Labute approximate surface area is 376 Å². The van der Waals surface area contributed by atoms with Gasteiger partial charge in [-0.3, -0.25) is 4.79 Å². The van der Waals surface area contributed by atoms with Gasteiger partial charge in [-0.15, -0.1) is 0 Å². The van der Waals surface area contributed by atoms with Crippen molar-refractivity contribution in [3.05, 3.63) is 11.6 Å². The Kier molecular flexibility index (Phi) is 13.2. The maximum Gasteiger partial charge on any atom is 0.315 e. The fourth-order valence-corrected chi connectivity index (χ4v) is 14.8. The second-order valence-electron chi connectivity index (χ2n) is 23.0. The number of allylic oxidation sites excluding steroid dienone is 2. The highest BCUT2D eigenvalue weighted by Crippen LogP contribution is 2.76. The molecule has 0 bridgehead atoms. The molecule has 0 aromatic heterocycles. The highest BCUT2D eigenvalue weighted by atomic mass is 16.7. The second-order valence-corrected chi connectivity index (χ2v) is 23.0. The minimum absolute atomic E-state index is 0.0414. The van der Waals surface area contributed by atoms with Gasteiger partial charge in [0.2, 0.25) is 6.29 Å². The Morgan fingerprint density at radius 1 is 0.672 bits per heavy atom. The van der Waals surface area contributed by atoms with Gasteiger partial charge < -0.3 is 79.5 Å². The largest absolute Gasteiger partial charge is 0.432 e. The van der Waals surface area contributed by atoms with Gasteiger partial charge in [0.05, 0.1) is 31.3 Å². The normalized spacial score (nSPS) is 53.4. The molecule has 5 aliphatic carbocycles. The Morgan fingerprint density at radius 3 is 1.92 bits per heavy atom. The summed E-state index contributed by atoms with van der Waals surface area (Å²) in [5.41, 5.74) is -0.434. The predicted octanol–water partition coefficient (Wildman–Crippen LogP) is 0.780. The van der Waals surface area contributed by atoms with E-state index in [-0.39, 0.29) is 51.6 Å². The topological polar surface area (TPSA) is 275 Å². The first-order valence-corrected chi connectivity index (χ1v) is 23.7. The zero-order valence-corrected chi connectivity index (χ0v) is 38.5. The number of ether oxygens (including phenoxy) is 6. The van der Waals surface area contributed by atoms with Crippen molar-refractivity contribution < 1.29 is 84.3 Å². The fraction of sp³-hybridized carbons (Fsp3) is 0.936. The molecule has 17 heteroatoms. The lowest BCUT2D eigenvalue weighted by molar-refractivity contribution is -0.357. The summed E-state index contributed by atoms with van der Waals surface area (Å²) in [6.07, 6.45) is -10.9. The third kappa shape index (κ3) is 7.58. The van der Waals surface area contributed by atoms with E-state index in [0.29, 0.717) is 25.2 Å². The van der Waals surface area contributed by atoms with Crippen LogP contribution in [0.4, 0.5) is 0 Å². The highest BCUT2D eigenvalue weighted by molar-refractivity contribution is 5.79. The van der Waals surface area contributed by atoms with Crippen LogP contribution in [0.3, 0.4) is 0 Å². The van der Waals surface area contributed by atoms with Gasteiger partial charge in [-0.2, -0.15) is 0 Å². The molecule has 3 heterocycles. The smallest absolute Gasteiger partial charge is 0.315 e. The van der Waals surface area contributed by atoms with Crippen molar-refractivity contribution in [1.29, 1.82) is 0 Å². The van der Waals surface area contributed by atoms with Gasteiger partial charge in [-0.05, 0) is 109 Å². The summed E-state index contributed by atoms with van der Waals surface area (Å²) in [7, 11) is 0. The van der Waals surface area contributed by atoms with E-state index in [4.69, 9.17) is 28.4 Å². The van der Waals surface area contributed by atoms with E-state index in [1.807, 2.05) is 0 Å². The quantitative estimate of drug-likeness (QED) is 0.0916. The average Bonchev–Trinajstić information content (AvgIpc) is 3.24. The van der Waals surface area contributed by atoms with Crippen molar-refractivity contribution >= 4 is 5.97 Å². The maximum atomic E-state index is 14.6. The van der Waals surface area contributed by atoms with Crippen molar-refractivity contribution in [2.24, 2.45) is 50.2 Å². The van der Waals surface area contributed by atoms with Crippen molar-refractivity contribution in [2.45, 2.75) is 205 Å². The molecule has 17 nitrogen and oxygen atoms in total. The number of carbonyl (C=O) groups is 1. The average molecular weight is 913 g/mol. The monoisotopic (exact) mass is 913 g/mol. The van der Waals surface area contributed by atoms with E-state index in [1.165, 1.54) is 5.57 Å². The summed E-state index contributed by atoms with van der Waals surface area (Å²) >= 11 is 0. The van der Waals surface area contributed by atoms with Crippen LogP contribution in [0.1, 0.15) is 113 Å². The van der Waals surface area contributed by atoms with Gasteiger partial charge in [0.15, 0.2) is 12.6 Å². The number of hydrogen-bond donors (Lipinski definition) is 10. The highest BCUT2D eigenvalue weighted by Gasteiger charge is 2.70. The summed E-state index contributed by atoms with van der Waals surface area (Å²) in [6, 6.07) is 0. The van der Waals surface area contributed by atoms with Crippen molar-refractivity contribution in [1.82, 2.24) is 0 Å². The van der Waals surface area contributed by atoms with Gasteiger partial charge in [0, 0.05) is 0 Å². The van der Waals surface area contributed by atoms with E-state index in [1.54, 1.807) is 0 Å². The molecule has 8 rings (SSSR count). The van der Waals surface area contributed by atoms with Crippen LogP contribution in [0, 0.1) is 50.2 Å². The third-order valence-electron chi connectivity index (χ3n) is 18.9. The van der Waals surface area contributed by atoms with E-state index < -0.39 is 111 Å². The molecule has 10 N–H and O–H groups in total. The summed E-state index contributed by atoms with van der Waals surface area (Å²) in [6.45, 7) is 14.7.